The Hall–Kier alpha value is -3.66. The molecule has 0 atom stereocenters. The molecule has 158 valence electrons. The van der Waals surface area contributed by atoms with Gasteiger partial charge in [0.15, 0.2) is 5.84 Å². The van der Waals surface area contributed by atoms with Crippen molar-refractivity contribution >= 4 is 17.4 Å². The molecule has 2 aromatic rings. The third-order valence-corrected chi connectivity index (χ3v) is 3.66. The molecule has 0 aliphatic heterocycles. The molecule has 8 nitrogen and oxygen atoms in total. The van der Waals surface area contributed by atoms with Gasteiger partial charge >= 0.3 is 0 Å². The topological polar surface area (TPSA) is 121 Å². The first-order valence-corrected chi connectivity index (χ1v) is 8.91. The van der Waals surface area contributed by atoms with Crippen LogP contribution in [0.25, 0.3) is 0 Å². The molecule has 0 saturated carbocycles. The SMILES string of the molecule is C=CN=C(NC(CF)=NCCO)C(N)=CC(=NCc1ccccc1F)c1ccon1. The Labute approximate surface area is 172 Å². The van der Waals surface area contributed by atoms with E-state index in [1.807, 2.05) is 0 Å². The highest BCUT2D eigenvalue weighted by atomic mass is 19.1. The van der Waals surface area contributed by atoms with Crippen LogP contribution in [0.3, 0.4) is 0 Å². The summed E-state index contributed by atoms with van der Waals surface area (Å²) in [6, 6.07) is 7.81. The lowest BCUT2D eigenvalue weighted by Gasteiger charge is -2.10. The molecular weight excluding hydrogens is 394 g/mol. The Kier molecular flexibility index (Phi) is 9.07. The van der Waals surface area contributed by atoms with Crippen LogP contribution in [0.4, 0.5) is 8.78 Å². The van der Waals surface area contributed by atoms with Crippen molar-refractivity contribution in [3.8, 4) is 0 Å². The minimum atomic E-state index is -0.916. The molecule has 10 heteroatoms. The van der Waals surface area contributed by atoms with Crippen molar-refractivity contribution in [3.63, 3.8) is 0 Å². The molecule has 4 N–H and O–H groups in total. The average molecular weight is 416 g/mol. The second-order valence-corrected chi connectivity index (χ2v) is 5.75. The number of aliphatic hydroxyl groups is 1. The normalized spacial score (nSPS) is 13.4. The molecular formula is C20H22F2N6O2. The molecule has 1 aromatic carbocycles. The molecule has 1 aromatic heterocycles. The lowest BCUT2D eigenvalue weighted by molar-refractivity contribution is 0.306. The molecule has 0 aliphatic rings. The summed E-state index contributed by atoms with van der Waals surface area (Å²) in [7, 11) is 0. The summed E-state index contributed by atoms with van der Waals surface area (Å²) >= 11 is 0. The Balaban J connectivity index is 2.35. The van der Waals surface area contributed by atoms with Crippen molar-refractivity contribution < 1.29 is 18.4 Å². The van der Waals surface area contributed by atoms with Gasteiger partial charge in [0.2, 0.25) is 0 Å². The van der Waals surface area contributed by atoms with Crippen LogP contribution in [0.5, 0.6) is 0 Å². The van der Waals surface area contributed by atoms with Gasteiger partial charge in [-0.2, -0.15) is 0 Å². The molecule has 0 unspecified atom stereocenters. The van der Waals surface area contributed by atoms with E-state index < -0.39 is 6.67 Å². The predicted octanol–water partition coefficient (Wildman–Crippen LogP) is 2.14. The van der Waals surface area contributed by atoms with Crippen molar-refractivity contribution in [2.24, 2.45) is 20.7 Å². The van der Waals surface area contributed by atoms with Gasteiger partial charge in [0.25, 0.3) is 0 Å². The van der Waals surface area contributed by atoms with E-state index in [4.69, 9.17) is 15.4 Å². The van der Waals surface area contributed by atoms with Gasteiger partial charge in [0.05, 0.1) is 31.1 Å². The number of benzene rings is 1. The number of nitrogens with one attached hydrogen (secondary N) is 1. The van der Waals surface area contributed by atoms with Crippen molar-refractivity contribution in [1.29, 1.82) is 0 Å². The number of rotatable bonds is 9. The number of alkyl halides is 1. The van der Waals surface area contributed by atoms with Gasteiger partial charge in [-0.05, 0) is 12.1 Å². The molecule has 1 heterocycles. The molecule has 30 heavy (non-hydrogen) atoms. The summed E-state index contributed by atoms with van der Waals surface area (Å²) in [5.41, 5.74) is 7.26. The molecule has 0 saturated heterocycles. The fourth-order valence-electron chi connectivity index (χ4n) is 2.26. The van der Waals surface area contributed by atoms with Gasteiger partial charge in [-0.15, -0.1) is 0 Å². The van der Waals surface area contributed by atoms with E-state index in [1.165, 1.54) is 24.6 Å². The molecule has 0 bridgehead atoms. The van der Waals surface area contributed by atoms with E-state index in [1.54, 1.807) is 24.3 Å². The highest BCUT2D eigenvalue weighted by molar-refractivity contribution is 6.15. The summed E-state index contributed by atoms with van der Waals surface area (Å²) in [6.07, 6.45) is 4.02. The number of hydrogen-bond donors (Lipinski definition) is 3. The third-order valence-electron chi connectivity index (χ3n) is 3.66. The average Bonchev–Trinajstić information content (AvgIpc) is 3.29. The molecule has 0 spiro atoms. The Morgan fingerprint density at radius 2 is 2.10 bits per heavy atom. The maximum atomic E-state index is 13.9. The second kappa shape index (κ2) is 12.0. The number of hydrogen-bond acceptors (Lipinski definition) is 7. The molecule has 0 aliphatic carbocycles. The maximum absolute atomic E-state index is 13.9. The minimum Gasteiger partial charge on any atom is -0.396 e. The minimum absolute atomic E-state index is 0.0194. The molecule has 2 rings (SSSR count). The summed E-state index contributed by atoms with van der Waals surface area (Å²) in [5.74, 6) is -0.380. The summed E-state index contributed by atoms with van der Waals surface area (Å²) < 4.78 is 31.9. The zero-order chi connectivity index (χ0) is 21.8. The van der Waals surface area contributed by atoms with Crippen molar-refractivity contribution in [1.82, 2.24) is 10.5 Å². The fourth-order valence-corrected chi connectivity index (χ4v) is 2.26. The van der Waals surface area contributed by atoms with Gasteiger partial charge in [-0.1, -0.05) is 29.9 Å². The van der Waals surface area contributed by atoms with E-state index >= 15 is 0 Å². The van der Waals surface area contributed by atoms with E-state index in [0.29, 0.717) is 17.0 Å². The Morgan fingerprint density at radius 1 is 1.30 bits per heavy atom. The summed E-state index contributed by atoms with van der Waals surface area (Å²) in [6.45, 7) is 2.42. The molecule has 0 radical (unpaired) electrons. The van der Waals surface area contributed by atoms with Crippen molar-refractivity contribution in [2.45, 2.75) is 6.54 Å². The monoisotopic (exact) mass is 416 g/mol. The number of halogens is 2. The summed E-state index contributed by atoms with van der Waals surface area (Å²) in [5, 5.41) is 15.4. The largest absolute Gasteiger partial charge is 0.396 e. The first-order chi connectivity index (χ1) is 14.6. The van der Waals surface area contributed by atoms with Crippen LogP contribution >= 0.6 is 0 Å². The van der Waals surface area contributed by atoms with Gasteiger partial charge in [-0.25, -0.2) is 13.8 Å². The van der Waals surface area contributed by atoms with Crippen LogP contribution in [0.1, 0.15) is 11.3 Å². The van der Waals surface area contributed by atoms with Gasteiger partial charge in [-0.3, -0.25) is 9.98 Å². The first kappa shape index (κ1) is 22.6. The lowest BCUT2D eigenvalue weighted by Crippen LogP contribution is -2.36. The van der Waals surface area contributed by atoms with Crippen LogP contribution in [-0.4, -0.2) is 47.5 Å². The second-order valence-electron chi connectivity index (χ2n) is 5.75. The maximum Gasteiger partial charge on any atom is 0.154 e. The van der Waals surface area contributed by atoms with Crippen molar-refractivity contribution in [2.75, 3.05) is 19.8 Å². The fraction of sp³-hybridized carbons (Fsp3) is 0.200. The van der Waals surface area contributed by atoms with Crippen molar-refractivity contribution in [3.05, 3.63) is 78.2 Å². The van der Waals surface area contributed by atoms with Crippen LogP contribution in [0, 0.1) is 5.82 Å². The zero-order valence-electron chi connectivity index (χ0n) is 16.1. The highest BCUT2D eigenvalue weighted by Gasteiger charge is 2.11. The lowest BCUT2D eigenvalue weighted by atomic mass is 10.2. The van der Waals surface area contributed by atoms with Crippen LogP contribution in [-0.2, 0) is 6.54 Å². The number of aliphatic hydroxyl groups excluding tert-OH is 1. The smallest absolute Gasteiger partial charge is 0.154 e. The van der Waals surface area contributed by atoms with Crippen LogP contribution in [0.2, 0.25) is 0 Å². The summed E-state index contributed by atoms with van der Waals surface area (Å²) in [4.78, 5) is 12.2. The van der Waals surface area contributed by atoms with Crippen LogP contribution < -0.4 is 11.1 Å². The first-order valence-electron chi connectivity index (χ1n) is 8.91. The van der Waals surface area contributed by atoms with Gasteiger partial charge in [0, 0.05) is 17.8 Å². The van der Waals surface area contributed by atoms with E-state index in [0.717, 1.165) is 0 Å². The van der Waals surface area contributed by atoms with Gasteiger partial charge < -0.3 is 20.7 Å². The molecule has 0 fully saturated rings. The van der Waals surface area contributed by atoms with E-state index in [9.17, 15) is 8.78 Å². The number of allylic oxidation sites excluding steroid dienone is 1. The van der Waals surface area contributed by atoms with Crippen LogP contribution in [0.15, 0.2) is 80.6 Å². The number of nitrogens with two attached hydrogens (primary N) is 1. The number of aliphatic imine (C=N–C) groups is 3. The zero-order valence-corrected chi connectivity index (χ0v) is 16.1. The van der Waals surface area contributed by atoms with Gasteiger partial charge in [0.1, 0.15) is 30.3 Å². The Bertz CT molecular complexity index is 952. The molecule has 0 amide bonds. The highest BCUT2D eigenvalue weighted by Crippen LogP contribution is 2.10. The van der Waals surface area contributed by atoms with E-state index in [-0.39, 0.29) is 42.9 Å². The van der Waals surface area contributed by atoms with E-state index in [2.05, 4.69) is 32.0 Å². The number of nitrogens with zero attached hydrogens (tertiary/aromatic N) is 4. The standard InChI is InChI=1S/C20H22F2N6O2/c1-2-24-20(27-19(12-21)25-8-9-29)16(23)11-18(17-7-10-30-28-17)26-13-14-5-3-4-6-15(14)22/h2-7,10-11,29H,1,8-9,12-13,23H2,(H,24,25,27). The number of aromatic nitrogens is 1. The third kappa shape index (κ3) is 6.74. The Morgan fingerprint density at radius 3 is 2.73 bits per heavy atom. The predicted molar refractivity (Wildman–Crippen MR) is 112 cm³/mol. The number of amidine groups is 2. The quantitative estimate of drug-likeness (QED) is 0.427.